The van der Waals surface area contributed by atoms with E-state index in [-0.39, 0.29) is 22.9 Å². The molecule has 0 radical (unpaired) electrons. The zero-order valence-electron chi connectivity index (χ0n) is 10.2. The lowest BCUT2D eigenvalue weighted by Gasteiger charge is -2.25. The molecule has 1 aromatic rings. The molecule has 2 unspecified atom stereocenters. The van der Waals surface area contributed by atoms with Gasteiger partial charge in [0.1, 0.15) is 5.82 Å². The van der Waals surface area contributed by atoms with Gasteiger partial charge in [-0.3, -0.25) is 0 Å². The Labute approximate surface area is 106 Å². The SMILES string of the molecule is CNC(c1ccc(F)c(Cl)c1)C(C#N)C(C)C. The van der Waals surface area contributed by atoms with Gasteiger partial charge in [0.05, 0.1) is 17.0 Å². The number of benzene rings is 1. The predicted octanol–water partition coefficient (Wildman–Crippen LogP) is 3.54. The first-order valence-corrected chi connectivity index (χ1v) is 5.90. The number of nitriles is 1. The second kappa shape index (κ2) is 6.00. The number of hydrogen-bond acceptors (Lipinski definition) is 2. The van der Waals surface area contributed by atoms with Crippen LogP contribution in [0.15, 0.2) is 18.2 Å². The highest BCUT2D eigenvalue weighted by Crippen LogP contribution is 2.29. The van der Waals surface area contributed by atoms with Crippen LogP contribution < -0.4 is 5.32 Å². The van der Waals surface area contributed by atoms with Crippen LogP contribution in [-0.4, -0.2) is 7.05 Å². The highest BCUT2D eigenvalue weighted by molar-refractivity contribution is 6.30. The van der Waals surface area contributed by atoms with Crippen molar-refractivity contribution in [1.82, 2.24) is 5.32 Å². The molecule has 0 aromatic heterocycles. The van der Waals surface area contributed by atoms with Gasteiger partial charge in [0.15, 0.2) is 0 Å². The van der Waals surface area contributed by atoms with E-state index in [0.717, 1.165) is 5.56 Å². The molecule has 0 saturated carbocycles. The molecule has 0 aliphatic rings. The molecule has 2 atom stereocenters. The molecule has 1 aromatic carbocycles. The Morgan fingerprint density at radius 3 is 2.47 bits per heavy atom. The first kappa shape index (κ1) is 14.0. The smallest absolute Gasteiger partial charge is 0.141 e. The van der Waals surface area contributed by atoms with Crippen LogP contribution in [0.25, 0.3) is 0 Å². The van der Waals surface area contributed by atoms with Crippen molar-refractivity contribution in [2.45, 2.75) is 19.9 Å². The normalized spacial score (nSPS) is 14.4. The van der Waals surface area contributed by atoms with Gasteiger partial charge in [-0.25, -0.2) is 4.39 Å². The van der Waals surface area contributed by atoms with Crippen LogP contribution in [0.5, 0.6) is 0 Å². The Kier molecular flexibility index (Phi) is 4.92. The second-order valence-electron chi connectivity index (χ2n) is 4.34. The number of nitrogens with one attached hydrogen (secondary N) is 1. The van der Waals surface area contributed by atoms with Crippen molar-refractivity contribution in [3.63, 3.8) is 0 Å². The van der Waals surface area contributed by atoms with E-state index in [1.807, 2.05) is 13.8 Å². The molecule has 0 spiro atoms. The Balaban J connectivity index is 3.09. The fourth-order valence-corrected chi connectivity index (χ4v) is 2.06. The maximum absolute atomic E-state index is 13.1. The summed E-state index contributed by atoms with van der Waals surface area (Å²) in [5.41, 5.74) is 0.833. The minimum Gasteiger partial charge on any atom is -0.312 e. The molecule has 0 heterocycles. The molecule has 0 aliphatic heterocycles. The number of rotatable bonds is 4. The van der Waals surface area contributed by atoms with Gasteiger partial charge in [-0.1, -0.05) is 31.5 Å². The van der Waals surface area contributed by atoms with Crippen molar-refractivity contribution in [1.29, 1.82) is 5.26 Å². The first-order valence-electron chi connectivity index (χ1n) is 5.53. The predicted molar refractivity (Wildman–Crippen MR) is 67.2 cm³/mol. The van der Waals surface area contributed by atoms with Gasteiger partial charge in [-0.05, 0) is 30.7 Å². The van der Waals surface area contributed by atoms with Gasteiger partial charge in [0, 0.05) is 6.04 Å². The summed E-state index contributed by atoms with van der Waals surface area (Å²) in [6.07, 6.45) is 0. The summed E-state index contributed by atoms with van der Waals surface area (Å²) >= 11 is 5.76. The third-order valence-corrected chi connectivity index (χ3v) is 3.13. The summed E-state index contributed by atoms with van der Waals surface area (Å²) in [7, 11) is 1.79. The van der Waals surface area contributed by atoms with Gasteiger partial charge in [0.25, 0.3) is 0 Å². The zero-order chi connectivity index (χ0) is 13.0. The molecule has 92 valence electrons. The lowest BCUT2D eigenvalue weighted by Crippen LogP contribution is -2.27. The van der Waals surface area contributed by atoms with Crippen molar-refractivity contribution in [3.8, 4) is 6.07 Å². The van der Waals surface area contributed by atoms with Crippen molar-refractivity contribution in [2.75, 3.05) is 7.05 Å². The summed E-state index contributed by atoms with van der Waals surface area (Å²) in [6.45, 7) is 3.98. The quantitative estimate of drug-likeness (QED) is 0.892. The van der Waals surface area contributed by atoms with Gasteiger partial charge >= 0.3 is 0 Å². The molecule has 4 heteroatoms. The van der Waals surface area contributed by atoms with Crippen molar-refractivity contribution < 1.29 is 4.39 Å². The Morgan fingerprint density at radius 1 is 1.41 bits per heavy atom. The van der Waals surface area contributed by atoms with E-state index in [4.69, 9.17) is 11.6 Å². The van der Waals surface area contributed by atoms with E-state index in [1.165, 1.54) is 6.07 Å². The topological polar surface area (TPSA) is 35.8 Å². The van der Waals surface area contributed by atoms with E-state index in [0.29, 0.717) is 0 Å². The van der Waals surface area contributed by atoms with E-state index in [1.54, 1.807) is 19.2 Å². The molecule has 1 rings (SSSR count). The number of nitrogens with zero attached hydrogens (tertiary/aromatic N) is 1. The van der Waals surface area contributed by atoms with Gasteiger partial charge in [-0.15, -0.1) is 0 Å². The number of hydrogen-bond donors (Lipinski definition) is 1. The van der Waals surface area contributed by atoms with Crippen molar-refractivity contribution in [3.05, 3.63) is 34.6 Å². The fourth-order valence-electron chi connectivity index (χ4n) is 1.87. The molecule has 2 nitrogen and oxygen atoms in total. The minimum atomic E-state index is -0.441. The highest BCUT2D eigenvalue weighted by Gasteiger charge is 2.25. The zero-order valence-corrected chi connectivity index (χ0v) is 10.9. The van der Waals surface area contributed by atoms with Crippen molar-refractivity contribution >= 4 is 11.6 Å². The van der Waals surface area contributed by atoms with Gasteiger partial charge < -0.3 is 5.32 Å². The summed E-state index contributed by atoms with van der Waals surface area (Å²) in [5, 5.41) is 12.4. The van der Waals surface area contributed by atoms with Crippen LogP contribution in [0, 0.1) is 29.0 Å². The molecular weight excluding hydrogens is 239 g/mol. The summed E-state index contributed by atoms with van der Waals surface area (Å²) in [5.74, 6) is -0.411. The lowest BCUT2D eigenvalue weighted by atomic mass is 9.86. The molecule has 0 fully saturated rings. The van der Waals surface area contributed by atoms with Gasteiger partial charge in [0.2, 0.25) is 0 Å². The maximum atomic E-state index is 13.1. The molecular formula is C13H16ClFN2. The van der Waals surface area contributed by atoms with Crippen LogP contribution in [-0.2, 0) is 0 Å². The minimum absolute atomic E-state index is 0.0863. The van der Waals surface area contributed by atoms with Crippen LogP contribution >= 0.6 is 11.6 Å². The Morgan fingerprint density at radius 2 is 2.06 bits per heavy atom. The van der Waals surface area contributed by atoms with Crippen LogP contribution in [0.4, 0.5) is 4.39 Å². The van der Waals surface area contributed by atoms with E-state index < -0.39 is 5.82 Å². The largest absolute Gasteiger partial charge is 0.312 e. The van der Waals surface area contributed by atoms with Crippen molar-refractivity contribution in [2.24, 2.45) is 11.8 Å². The summed E-state index contributed by atoms with van der Waals surface area (Å²) < 4.78 is 13.1. The van der Waals surface area contributed by atoms with Crippen LogP contribution in [0.3, 0.4) is 0 Å². The Hall–Kier alpha value is -1.11. The highest BCUT2D eigenvalue weighted by atomic mass is 35.5. The maximum Gasteiger partial charge on any atom is 0.141 e. The number of halogens is 2. The van der Waals surface area contributed by atoms with E-state index >= 15 is 0 Å². The van der Waals surface area contributed by atoms with E-state index in [9.17, 15) is 9.65 Å². The molecule has 0 bridgehead atoms. The monoisotopic (exact) mass is 254 g/mol. The standard InChI is InChI=1S/C13H16ClFN2/c1-8(2)10(7-16)13(17-3)9-4-5-12(15)11(14)6-9/h4-6,8,10,13,17H,1-3H3. The molecule has 0 saturated heterocycles. The molecule has 1 N–H and O–H groups in total. The average Bonchev–Trinajstić information content (AvgIpc) is 2.29. The molecule has 17 heavy (non-hydrogen) atoms. The second-order valence-corrected chi connectivity index (χ2v) is 4.75. The van der Waals surface area contributed by atoms with Gasteiger partial charge in [-0.2, -0.15) is 5.26 Å². The van der Waals surface area contributed by atoms with Crippen LogP contribution in [0.2, 0.25) is 5.02 Å². The summed E-state index contributed by atoms with van der Waals surface area (Å²) in [6, 6.07) is 6.71. The Bertz CT molecular complexity index is 426. The van der Waals surface area contributed by atoms with Crippen LogP contribution in [0.1, 0.15) is 25.5 Å². The average molecular weight is 255 g/mol. The first-order chi connectivity index (χ1) is 8.01. The summed E-state index contributed by atoms with van der Waals surface area (Å²) in [4.78, 5) is 0. The third kappa shape index (κ3) is 3.18. The lowest BCUT2D eigenvalue weighted by molar-refractivity contribution is 0.363. The molecule has 0 amide bonds. The fraction of sp³-hybridized carbons (Fsp3) is 0.462. The van der Waals surface area contributed by atoms with E-state index in [2.05, 4.69) is 11.4 Å². The molecule has 0 aliphatic carbocycles. The third-order valence-electron chi connectivity index (χ3n) is 2.84.